The van der Waals surface area contributed by atoms with Gasteiger partial charge in [0.05, 0.1) is 12.3 Å². The van der Waals surface area contributed by atoms with Gasteiger partial charge in [-0.3, -0.25) is 14.5 Å². The van der Waals surface area contributed by atoms with E-state index in [0.717, 1.165) is 11.1 Å². The van der Waals surface area contributed by atoms with Crippen molar-refractivity contribution < 1.29 is 19.4 Å². The highest BCUT2D eigenvalue weighted by Gasteiger charge is 2.32. The molecule has 0 fully saturated rings. The van der Waals surface area contributed by atoms with Crippen molar-refractivity contribution in [1.82, 2.24) is 20.3 Å². The maximum atomic E-state index is 12.9. The molecule has 0 saturated heterocycles. The van der Waals surface area contributed by atoms with Crippen molar-refractivity contribution in [3.63, 3.8) is 0 Å². The number of carbonyl (C=O) groups excluding carboxylic acids is 2. The number of aromatic nitrogens is 3. The van der Waals surface area contributed by atoms with Crippen LogP contribution in [-0.2, 0) is 11.4 Å². The molecule has 0 saturated carbocycles. The van der Waals surface area contributed by atoms with Gasteiger partial charge in [-0.1, -0.05) is 30.3 Å². The average Bonchev–Trinajstić information content (AvgIpc) is 2.91. The number of hydrogen-bond acceptors (Lipinski definition) is 7. The number of nitrogens with one attached hydrogen (secondary N) is 1. The van der Waals surface area contributed by atoms with E-state index < -0.39 is 11.9 Å². The fourth-order valence-electron chi connectivity index (χ4n) is 3.28. The first-order valence-corrected chi connectivity index (χ1v) is 9.68. The zero-order valence-corrected chi connectivity index (χ0v) is 17.1. The molecule has 2 N–H and O–H groups in total. The predicted molar refractivity (Wildman–Crippen MR) is 113 cm³/mol. The molecule has 9 nitrogen and oxygen atoms in total. The van der Waals surface area contributed by atoms with Crippen LogP contribution in [0.25, 0.3) is 11.3 Å². The number of aliphatic hydroxyl groups is 1. The van der Waals surface area contributed by atoms with Crippen LogP contribution in [-0.4, -0.2) is 51.6 Å². The third-order valence-electron chi connectivity index (χ3n) is 4.91. The summed E-state index contributed by atoms with van der Waals surface area (Å²) in [6.45, 7) is 1.56. The molecule has 1 atom stereocenters. The Morgan fingerprint density at radius 2 is 2.03 bits per heavy atom. The lowest BCUT2D eigenvalue weighted by Gasteiger charge is -2.19. The van der Waals surface area contributed by atoms with Crippen LogP contribution in [0.1, 0.15) is 21.7 Å². The highest BCUT2D eigenvalue weighted by Crippen LogP contribution is 2.29. The largest absolute Gasteiger partial charge is 0.487 e. The zero-order chi connectivity index (χ0) is 22.0. The second kappa shape index (κ2) is 8.49. The van der Waals surface area contributed by atoms with Gasteiger partial charge in [0, 0.05) is 30.6 Å². The van der Waals surface area contributed by atoms with E-state index in [4.69, 9.17) is 4.74 Å². The number of nitrogens with zero attached hydrogens (tertiary/aromatic N) is 4. The molecule has 2 amide bonds. The third kappa shape index (κ3) is 4.08. The Kier molecular flexibility index (Phi) is 5.59. The van der Waals surface area contributed by atoms with E-state index in [0.29, 0.717) is 22.8 Å². The first-order chi connectivity index (χ1) is 15.0. The molecule has 0 spiro atoms. The lowest BCUT2D eigenvalue weighted by molar-refractivity contribution is -0.120. The van der Waals surface area contributed by atoms with E-state index in [2.05, 4.69) is 20.3 Å². The van der Waals surface area contributed by atoms with E-state index in [1.54, 1.807) is 19.3 Å². The highest BCUT2D eigenvalue weighted by molar-refractivity contribution is 6.01. The summed E-state index contributed by atoms with van der Waals surface area (Å²) in [5.41, 5.74) is 2.59. The first-order valence-electron chi connectivity index (χ1n) is 9.68. The predicted octanol–water partition coefficient (Wildman–Crippen LogP) is 1.49. The van der Waals surface area contributed by atoms with Gasteiger partial charge >= 0.3 is 0 Å². The summed E-state index contributed by atoms with van der Waals surface area (Å²) in [5, 5.41) is 12.3. The molecule has 0 radical (unpaired) electrons. The van der Waals surface area contributed by atoms with Gasteiger partial charge in [0.1, 0.15) is 12.6 Å². The number of rotatable bonds is 4. The Morgan fingerprint density at radius 3 is 2.77 bits per heavy atom. The third-order valence-corrected chi connectivity index (χ3v) is 4.91. The molecular weight excluding hydrogens is 398 g/mol. The molecule has 158 valence electrons. The summed E-state index contributed by atoms with van der Waals surface area (Å²) in [6, 6.07) is 10.0. The molecule has 9 heteroatoms. The number of pyridine rings is 1. The second-order valence-electron chi connectivity index (χ2n) is 7.16. The topological polar surface area (TPSA) is 118 Å². The number of benzene rings is 1. The van der Waals surface area contributed by atoms with Crippen molar-refractivity contribution in [1.29, 1.82) is 0 Å². The van der Waals surface area contributed by atoms with Crippen LogP contribution in [0.3, 0.4) is 0 Å². The summed E-state index contributed by atoms with van der Waals surface area (Å²) in [4.78, 5) is 39.7. The molecule has 0 unspecified atom stereocenters. The molecule has 3 heterocycles. The van der Waals surface area contributed by atoms with Crippen molar-refractivity contribution in [2.24, 2.45) is 0 Å². The van der Waals surface area contributed by atoms with Gasteiger partial charge in [-0.15, -0.1) is 0 Å². The molecule has 31 heavy (non-hydrogen) atoms. The lowest BCUT2D eigenvalue weighted by atomic mass is 10.1. The molecule has 4 rings (SSSR count). The molecule has 2 aromatic heterocycles. The monoisotopic (exact) mass is 419 g/mol. The molecule has 1 aromatic carbocycles. The first kappa shape index (κ1) is 20.4. The summed E-state index contributed by atoms with van der Waals surface area (Å²) >= 11 is 0. The fraction of sp³-hybridized carbons (Fsp3) is 0.227. The van der Waals surface area contributed by atoms with Gasteiger partial charge in [-0.2, -0.15) is 0 Å². The SMILES string of the molecule is Cc1cnc2c(c1)OC[C@H](NC(=O)c1ncc(CO)c(-c3ccccc3)n1)C(=O)N2C. The van der Waals surface area contributed by atoms with Crippen LogP contribution >= 0.6 is 0 Å². The molecule has 3 aromatic rings. The quantitative estimate of drug-likeness (QED) is 0.658. The van der Waals surface area contributed by atoms with Crippen molar-refractivity contribution in [3.05, 3.63) is 65.7 Å². The number of amides is 2. The van der Waals surface area contributed by atoms with Gasteiger partial charge in [-0.25, -0.2) is 15.0 Å². The number of aryl methyl sites for hydroxylation is 1. The normalized spacial score (nSPS) is 15.6. The van der Waals surface area contributed by atoms with Crippen LogP contribution in [0.5, 0.6) is 5.75 Å². The van der Waals surface area contributed by atoms with Crippen LogP contribution in [0, 0.1) is 6.92 Å². The van der Waals surface area contributed by atoms with Gasteiger partial charge in [0.2, 0.25) is 5.82 Å². The summed E-state index contributed by atoms with van der Waals surface area (Å²) in [5.74, 6) is -0.224. The van der Waals surface area contributed by atoms with Gasteiger partial charge in [0.15, 0.2) is 11.6 Å². The van der Waals surface area contributed by atoms with Gasteiger partial charge < -0.3 is 15.2 Å². The summed E-state index contributed by atoms with van der Waals surface area (Å²) in [6.07, 6.45) is 3.05. The standard InChI is InChI=1S/C22H21N5O4/c1-13-8-17-20(24-9-13)27(2)22(30)16(12-31-17)25-21(29)19-23-10-15(11-28)18(26-19)14-6-4-3-5-7-14/h3-10,16,28H,11-12H2,1-2H3,(H,25,29)/t16-/m0/s1. The van der Waals surface area contributed by atoms with Crippen LogP contribution in [0.15, 0.2) is 48.8 Å². The average molecular weight is 419 g/mol. The van der Waals surface area contributed by atoms with E-state index in [9.17, 15) is 14.7 Å². The van der Waals surface area contributed by atoms with Gasteiger partial charge in [-0.05, 0) is 18.6 Å². The molecule has 1 aliphatic heterocycles. The highest BCUT2D eigenvalue weighted by atomic mass is 16.5. The van der Waals surface area contributed by atoms with Crippen LogP contribution in [0.4, 0.5) is 5.82 Å². The summed E-state index contributed by atoms with van der Waals surface area (Å²) in [7, 11) is 1.58. The Bertz CT molecular complexity index is 1140. The smallest absolute Gasteiger partial charge is 0.289 e. The molecule has 0 bridgehead atoms. The minimum absolute atomic E-state index is 0.0483. The Hall–Kier alpha value is -3.85. The Balaban J connectivity index is 1.58. The second-order valence-corrected chi connectivity index (χ2v) is 7.16. The van der Waals surface area contributed by atoms with Crippen molar-refractivity contribution >= 4 is 17.6 Å². The van der Waals surface area contributed by atoms with E-state index in [-0.39, 0.29) is 24.9 Å². The molecule has 1 aliphatic rings. The number of fused-ring (bicyclic) bond motifs is 1. The maximum absolute atomic E-state index is 12.9. The fourth-order valence-corrected chi connectivity index (χ4v) is 3.28. The van der Waals surface area contributed by atoms with Crippen molar-refractivity contribution in [3.8, 4) is 17.0 Å². The Labute approximate surface area is 178 Å². The minimum Gasteiger partial charge on any atom is -0.487 e. The van der Waals surface area contributed by atoms with Crippen LogP contribution in [0.2, 0.25) is 0 Å². The van der Waals surface area contributed by atoms with E-state index in [1.807, 2.05) is 37.3 Å². The molecular formula is C22H21N5O4. The van der Waals surface area contributed by atoms with E-state index >= 15 is 0 Å². The number of hydrogen-bond donors (Lipinski definition) is 2. The number of aliphatic hydroxyl groups excluding tert-OH is 1. The molecule has 0 aliphatic carbocycles. The van der Waals surface area contributed by atoms with E-state index in [1.165, 1.54) is 11.1 Å². The summed E-state index contributed by atoms with van der Waals surface area (Å²) < 4.78 is 5.74. The number of likely N-dealkylation sites (N-methyl/N-ethyl adjacent to an activating group) is 1. The number of anilines is 1. The van der Waals surface area contributed by atoms with Crippen molar-refractivity contribution in [2.45, 2.75) is 19.6 Å². The lowest BCUT2D eigenvalue weighted by Crippen LogP contribution is -2.49. The van der Waals surface area contributed by atoms with Crippen LogP contribution < -0.4 is 15.0 Å². The number of carbonyl (C=O) groups is 2. The minimum atomic E-state index is -0.937. The Morgan fingerprint density at radius 1 is 1.26 bits per heavy atom. The van der Waals surface area contributed by atoms with Crippen molar-refractivity contribution in [2.75, 3.05) is 18.6 Å². The maximum Gasteiger partial charge on any atom is 0.289 e. The number of ether oxygens (including phenoxy) is 1. The zero-order valence-electron chi connectivity index (χ0n) is 17.1. The van der Waals surface area contributed by atoms with Gasteiger partial charge in [0.25, 0.3) is 11.8 Å².